The lowest BCUT2D eigenvalue weighted by molar-refractivity contribution is -0.125. The lowest BCUT2D eigenvalue weighted by Crippen LogP contribution is -2.38. The summed E-state index contributed by atoms with van der Waals surface area (Å²) in [5.41, 5.74) is 3.07. The summed E-state index contributed by atoms with van der Waals surface area (Å²) in [7, 11) is 3.83. The molecule has 1 atom stereocenters. The number of aromatic nitrogens is 3. The van der Waals surface area contributed by atoms with Gasteiger partial charge in [0.05, 0.1) is 5.69 Å². The Kier molecular flexibility index (Phi) is 6.26. The molecule has 0 unspecified atom stereocenters. The van der Waals surface area contributed by atoms with Gasteiger partial charge >= 0.3 is 0 Å². The van der Waals surface area contributed by atoms with Crippen LogP contribution in [0.2, 0.25) is 0 Å². The molecule has 1 amide bonds. The molecule has 0 aliphatic rings. The largest absolute Gasteiger partial charge is 0.354 e. The molecule has 1 N–H and O–H groups in total. The number of nitrogens with zero attached hydrogens (tertiary/aromatic N) is 4. The van der Waals surface area contributed by atoms with Crippen molar-refractivity contribution in [2.75, 3.05) is 20.6 Å². The standard InChI is InChI=1S/C20H23N5OS/c1-14-6-4-7-15(12-14)17(25(2)3)19(26)23-11-8-16-13-27-20(24-16)18-21-9-5-10-22-18/h4-7,9-10,12-13,17H,8,11H2,1-3H3,(H,23,26)/t17-/m0/s1. The Morgan fingerprint density at radius 3 is 2.70 bits per heavy atom. The van der Waals surface area contributed by atoms with Gasteiger partial charge in [0.1, 0.15) is 6.04 Å². The van der Waals surface area contributed by atoms with Gasteiger partial charge in [-0.15, -0.1) is 11.3 Å². The fourth-order valence-electron chi connectivity index (χ4n) is 2.87. The first-order chi connectivity index (χ1) is 13.0. The van der Waals surface area contributed by atoms with E-state index in [0.717, 1.165) is 21.8 Å². The number of rotatable bonds is 7. The van der Waals surface area contributed by atoms with Crippen LogP contribution < -0.4 is 5.32 Å². The van der Waals surface area contributed by atoms with Crippen molar-refractivity contribution in [3.63, 3.8) is 0 Å². The molecule has 0 aliphatic carbocycles. The lowest BCUT2D eigenvalue weighted by atomic mass is 10.0. The number of amides is 1. The monoisotopic (exact) mass is 381 g/mol. The number of carbonyl (C=O) groups is 1. The molecule has 27 heavy (non-hydrogen) atoms. The summed E-state index contributed by atoms with van der Waals surface area (Å²) in [5, 5.41) is 5.81. The van der Waals surface area contributed by atoms with Crippen LogP contribution in [0.15, 0.2) is 48.1 Å². The molecule has 2 heterocycles. The van der Waals surface area contributed by atoms with Crippen LogP contribution in [-0.2, 0) is 11.2 Å². The summed E-state index contributed by atoms with van der Waals surface area (Å²) in [4.78, 5) is 27.6. The fourth-order valence-corrected chi connectivity index (χ4v) is 3.67. The van der Waals surface area contributed by atoms with Crippen molar-refractivity contribution in [2.45, 2.75) is 19.4 Å². The molecule has 0 fully saturated rings. The van der Waals surface area contributed by atoms with Gasteiger partial charge in [-0.25, -0.2) is 15.0 Å². The van der Waals surface area contributed by atoms with E-state index in [0.29, 0.717) is 18.8 Å². The quantitative estimate of drug-likeness (QED) is 0.681. The molecule has 6 nitrogen and oxygen atoms in total. The van der Waals surface area contributed by atoms with Gasteiger partial charge in [0.15, 0.2) is 10.8 Å². The van der Waals surface area contributed by atoms with E-state index in [1.165, 1.54) is 11.3 Å². The lowest BCUT2D eigenvalue weighted by Gasteiger charge is -2.24. The number of thiazole rings is 1. The number of hydrogen-bond donors (Lipinski definition) is 1. The van der Waals surface area contributed by atoms with Crippen molar-refractivity contribution in [3.8, 4) is 10.8 Å². The predicted molar refractivity (Wildman–Crippen MR) is 107 cm³/mol. The second-order valence-electron chi connectivity index (χ2n) is 6.54. The second-order valence-corrected chi connectivity index (χ2v) is 7.40. The highest BCUT2D eigenvalue weighted by atomic mass is 32.1. The molecular weight excluding hydrogens is 358 g/mol. The van der Waals surface area contributed by atoms with Gasteiger partial charge < -0.3 is 5.32 Å². The van der Waals surface area contributed by atoms with Gasteiger partial charge in [0.2, 0.25) is 5.91 Å². The summed E-state index contributed by atoms with van der Waals surface area (Å²) in [6, 6.07) is 9.53. The SMILES string of the molecule is Cc1cccc([C@@H](C(=O)NCCc2csc(-c3ncccn3)n2)N(C)C)c1. The van der Waals surface area contributed by atoms with Gasteiger partial charge in [-0.05, 0) is 32.6 Å². The first-order valence-corrected chi connectivity index (χ1v) is 9.65. The zero-order valence-electron chi connectivity index (χ0n) is 15.7. The maximum absolute atomic E-state index is 12.7. The number of aryl methyl sites for hydroxylation is 1. The van der Waals surface area contributed by atoms with E-state index in [1.807, 2.05) is 49.5 Å². The predicted octanol–water partition coefficient (Wildman–Crippen LogP) is 2.87. The van der Waals surface area contributed by atoms with E-state index in [2.05, 4.69) is 26.3 Å². The summed E-state index contributed by atoms with van der Waals surface area (Å²) in [6.07, 6.45) is 4.08. The van der Waals surface area contributed by atoms with E-state index >= 15 is 0 Å². The third-order valence-electron chi connectivity index (χ3n) is 4.11. The average molecular weight is 382 g/mol. The van der Waals surface area contributed by atoms with Crippen molar-refractivity contribution >= 4 is 17.2 Å². The van der Waals surface area contributed by atoms with Crippen LogP contribution in [0, 0.1) is 6.92 Å². The number of benzene rings is 1. The van der Waals surface area contributed by atoms with Gasteiger partial charge in [-0.2, -0.15) is 0 Å². The molecule has 140 valence electrons. The summed E-state index contributed by atoms with van der Waals surface area (Å²) in [6.45, 7) is 2.57. The van der Waals surface area contributed by atoms with Crippen LogP contribution in [0.4, 0.5) is 0 Å². The molecule has 7 heteroatoms. The van der Waals surface area contributed by atoms with Crippen LogP contribution in [0.1, 0.15) is 22.9 Å². The molecule has 0 bridgehead atoms. The second kappa shape index (κ2) is 8.83. The number of likely N-dealkylation sites (N-methyl/N-ethyl adjacent to an activating group) is 1. The van der Waals surface area contributed by atoms with Crippen molar-refractivity contribution in [1.29, 1.82) is 0 Å². The van der Waals surface area contributed by atoms with Crippen molar-refractivity contribution < 1.29 is 4.79 Å². The molecular formula is C20H23N5OS. The number of carbonyl (C=O) groups excluding carboxylic acids is 1. The number of nitrogens with one attached hydrogen (secondary N) is 1. The Morgan fingerprint density at radius 1 is 1.22 bits per heavy atom. The minimum atomic E-state index is -0.311. The molecule has 0 saturated heterocycles. The Labute approximate surface area is 163 Å². The molecule has 1 aromatic carbocycles. The van der Waals surface area contributed by atoms with Crippen LogP contribution >= 0.6 is 11.3 Å². The Bertz CT molecular complexity index is 894. The van der Waals surface area contributed by atoms with E-state index in [1.54, 1.807) is 18.5 Å². The van der Waals surface area contributed by atoms with Crippen LogP contribution in [-0.4, -0.2) is 46.4 Å². The molecule has 0 aliphatic heterocycles. The van der Waals surface area contributed by atoms with Gasteiger partial charge in [-0.1, -0.05) is 29.8 Å². The van der Waals surface area contributed by atoms with Gasteiger partial charge in [-0.3, -0.25) is 9.69 Å². The van der Waals surface area contributed by atoms with Gasteiger partial charge in [0.25, 0.3) is 0 Å². The summed E-state index contributed by atoms with van der Waals surface area (Å²) >= 11 is 1.51. The van der Waals surface area contributed by atoms with Crippen LogP contribution in [0.3, 0.4) is 0 Å². The topological polar surface area (TPSA) is 71.0 Å². The number of hydrogen-bond acceptors (Lipinski definition) is 6. The summed E-state index contributed by atoms with van der Waals surface area (Å²) < 4.78 is 0. The molecule has 0 spiro atoms. The zero-order chi connectivity index (χ0) is 19.2. The Hall–Kier alpha value is -2.64. The maximum atomic E-state index is 12.7. The molecule has 2 aromatic heterocycles. The van der Waals surface area contributed by atoms with Crippen molar-refractivity contribution in [3.05, 3.63) is 64.9 Å². The normalized spacial score (nSPS) is 12.1. The van der Waals surface area contributed by atoms with E-state index in [9.17, 15) is 4.79 Å². The highest BCUT2D eigenvalue weighted by molar-refractivity contribution is 7.13. The zero-order valence-corrected chi connectivity index (χ0v) is 16.5. The van der Waals surface area contributed by atoms with Gasteiger partial charge in [0, 0.05) is 30.7 Å². The Morgan fingerprint density at radius 2 is 2.00 bits per heavy atom. The molecule has 3 aromatic rings. The fraction of sp³-hybridized carbons (Fsp3) is 0.300. The maximum Gasteiger partial charge on any atom is 0.241 e. The highest BCUT2D eigenvalue weighted by Gasteiger charge is 2.22. The van der Waals surface area contributed by atoms with E-state index in [-0.39, 0.29) is 11.9 Å². The van der Waals surface area contributed by atoms with E-state index in [4.69, 9.17) is 0 Å². The first kappa shape index (κ1) is 19.1. The minimum absolute atomic E-state index is 0.00699. The molecule has 3 rings (SSSR count). The smallest absolute Gasteiger partial charge is 0.241 e. The average Bonchev–Trinajstić information content (AvgIpc) is 3.11. The molecule has 0 saturated carbocycles. The first-order valence-electron chi connectivity index (χ1n) is 8.77. The molecule has 0 radical (unpaired) electrons. The van der Waals surface area contributed by atoms with Crippen molar-refractivity contribution in [2.24, 2.45) is 0 Å². The van der Waals surface area contributed by atoms with E-state index < -0.39 is 0 Å². The van der Waals surface area contributed by atoms with Crippen LogP contribution in [0.5, 0.6) is 0 Å². The highest BCUT2D eigenvalue weighted by Crippen LogP contribution is 2.21. The van der Waals surface area contributed by atoms with Crippen molar-refractivity contribution in [1.82, 2.24) is 25.2 Å². The minimum Gasteiger partial charge on any atom is -0.354 e. The summed E-state index contributed by atoms with van der Waals surface area (Å²) in [5.74, 6) is 0.623. The van der Waals surface area contributed by atoms with Crippen LogP contribution in [0.25, 0.3) is 10.8 Å². The third kappa shape index (κ3) is 4.96. The Balaban J connectivity index is 1.59. The third-order valence-corrected chi connectivity index (χ3v) is 5.00.